The van der Waals surface area contributed by atoms with Crippen molar-refractivity contribution in [3.05, 3.63) is 83.4 Å². The molecule has 10 heteroatoms. The molecule has 3 aromatic carbocycles. The zero-order valence-electron chi connectivity index (χ0n) is 31.6. The molecule has 3 saturated carbocycles. The van der Waals surface area contributed by atoms with Crippen molar-refractivity contribution in [2.24, 2.45) is 29.1 Å². The van der Waals surface area contributed by atoms with Crippen molar-refractivity contribution in [2.45, 2.75) is 77.8 Å². The largest absolute Gasteiger partial charge is 0.496 e. The van der Waals surface area contributed by atoms with E-state index in [2.05, 4.69) is 31.4 Å². The predicted octanol–water partition coefficient (Wildman–Crippen LogP) is 5.06. The Morgan fingerprint density at radius 3 is 2.46 bits per heavy atom. The van der Waals surface area contributed by atoms with Gasteiger partial charge >= 0.3 is 0 Å². The number of anilines is 1. The molecule has 2 amide bonds. The number of hydrogen-bond acceptors (Lipinski definition) is 8. The summed E-state index contributed by atoms with van der Waals surface area (Å²) in [6.45, 7) is 8.91. The molecule has 2 bridgehead atoms. The van der Waals surface area contributed by atoms with Gasteiger partial charge in [0.2, 0.25) is 5.91 Å². The molecule has 3 aromatic rings. The third-order valence-electron chi connectivity index (χ3n) is 12.2. The highest BCUT2D eigenvalue weighted by Gasteiger charge is 2.57. The molecule has 7 rings (SSSR count). The summed E-state index contributed by atoms with van der Waals surface area (Å²) in [7, 11) is 5.48. The number of aliphatic hydroxyl groups excluding tert-OH is 2. The van der Waals surface area contributed by atoms with Crippen molar-refractivity contribution in [1.82, 2.24) is 15.7 Å². The molecule has 0 spiro atoms. The fourth-order valence-corrected chi connectivity index (χ4v) is 9.05. The standard InChI is InChI=1S/C42H56N4O6/c1-25-34-21-31(42(34,3)4)22-35(25)44-41(50)38-37(26(2)48)36(24-47)52-46(38)23-28-14-11-15-33(39(28)51-7)29-18-30(20-32(19-29)45(5)6)40(49)43-17-16-27-12-9-8-10-13-27/h8-15,18-20,25-26,31,34-38,47-48H,16-17,21-24H2,1-7H3,(H,43,49)(H,44,50)/t25-,26-,31+,34+,35-,36-,37+,38-/m0/s1. The first-order valence-electron chi connectivity index (χ1n) is 18.7. The zero-order chi connectivity index (χ0) is 37.3. The molecule has 4 aliphatic rings. The van der Waals surface area contributed by atoms with Crippen LogP contribution in [0, 0.1) is 29.1 Å². The molecule has 280 valence electrons. The van der Waals surface area contributed by atoms with E-state index in [0.29, 0.717) is 35.6 Å². The summed E-state index contributed by atoms with van der Waals surface area (Å²) >= 11 is 0. The number of nitrogens with zero attached hydrogens (tertiary/aromatic N) is 2. The lowest BCUT2D eigenvalue weighted by Gasteiger charge is -2.62. The molecular weight excluding hydrogens is 656 g/mol. The number of carbonyl (C=O) groups excluding carboxylic acids is 2. The van der Waals surface area contributed by atoms with E-state index in [1.165, 1.54) is 6.42 Å². The van der Waals surface area contributed by atoms with E-state index >= 15 is 0 Å². The summed E-state index contributed by atoms with van der Waals surface area (Å²) in [6, 6.07) is 20.9. The molecule has 1 aliphatic heterocycles. The number of hydrogen-bond donors (Lipinski definition) is 4. The average Bonchev–Trinajstić information content (AvgIpc) is 3.51. The van der Waals surface area contributed by atoms with Gasteiger partial charge in [-0.25, -0.2) is 0 Å². The van der Waals surface area contributed by atoms with Gasteiger partial charge in [0.05, 0.1) is 26.4 Å². The van der Waals surface area contributed by atoms with Crippen LogP contribution in [0.15, 0.2) is 66.7 Å². The van der Waals surface area contributed by atoms with Gasteiger partial charge in [0.25, 0.3) is 5.91 Å². The molecule has 1 heterocycles. The van der Waals surface area contributed by atoms with Crippen LogP contribution in [0.25, 0.3) is 11.1 Å². The lowest BCUT2D eigenvalue weighted by atomic mass is 9.45. The number of nitrogens with one attached hydrogen (secondary N) is 2. The first-order valence-corrected chi connectivity index (χ1v) is 18.7. The van der Waals surface area contributed by atoms with Crippen LogP contribution in [-0.2, 0) is 22.6 Å². The highest BCUT2D eigenvalue weighted by molar-refractivity contribution is 5.97. The van der Waals surface area contributed by atoms with Gasteiger partial charge in [-0.1, -0.05) is 69.3 Å². The van der Waals surface area contributed by atoms with Crippen LogP contribution in [0.5, 0.6) is 5.75 Å². The lowest BCUT2D eigenvalue weighted by molar-refractivity contribution is -0.183. The van der Waals surface area contributed by atoms with Crippen molar-refractivity contribution >= 4 is 17.5 Å². The number of fused-ring (bicyclic) bond motifs is 2. The highest BCUT2D eigenvalue weighted by Crippen LogP contribution is 2.61. The van der Waals surface area contributed by atoms with Crippen LogP contribution in [0.4, 0.5) is 5.69 Å². The number of rotatable bonds is 13. The third-order valence-corrected chi connectivity index (χ3v) is 12.2. The highest BCUT2D eigenvalue weighted by atomic mass is 16.7. The fraction of sp³-hybridized carbons (Fsp3) is 0.524. The summed E-state index contributed by atoms with van der Waals surface area (Å²) < 4.78 is 6.05. The van der Waals surface area contributed by atoms with E-state index < -0.39 is 24.2 Å². The van der Waals surface area contributed by atoms with Crippen molar-refractivity contribution < 1.29 is 29.4 Å². The summed E-state index contributed by atoms with van der Waals surface area (Å²) in [5, 5.41) is 29.3. The minimum atomic E-state index is -0.895. The number of methoxy groups -OCH3 is 1. The first-order chi connectivity index (χ1) is 24.8. The Morgan fingerprint density at radius 1 is 1.08 bits per heavy atom. The van der Waals surface area contributed by atoms with Gasteiger partial charge in [-0.15, -0.1) is 0 Å². The Kier molecular flexibility index (Phi) is 11.3. The zero-order valence-corrected chi connectivity index (χ0v) is 31.6. The number of ether oxygens (including phenoxy) is 1. The van der Waals surface area contributed by atoms with Gasteiger partial charge < -0.3 is 30.5 Å². The van der Waals surface area contributed by atoms with E-state index in [-0.39, 0.29) is 36.4 Å². The van der Waals surface area contributed by atoms with Crippen molar-refractivity contribution in [2.75, 3.05) is 39.3 Å². The SMILES string of the molecule is COc1c(CN2O[C@@H](CO)[C@@H]([C@H](C)O)[C@H]2C(=O)N[C@H]2C[C@H]3C[C@H]([C@@H]2C)C3(C)C)cccc1-c1cc(C(=O)NCCc2ccccc2)cc(N(C)C)c1. The third kappa shape index (κ3) is 7.44. The Balaban J connectivity index is 1.26. The van der Waals surface area contributed by atoms with Crippen molar-refractivity contribution in [3.8, 4) is 16.9 Å². The summed E-state index contributed by atoms with van der Waals surface area (Å²) in [5.41, 5.74) is 5.19. The molecule has 4 N–H and O–H groups in total. The maximum absolute atomic E-state index is 14.2. The van der Waals surface area contributed by atoms with Crippen molar-refractivity contribution in [1.29, 1.82) is 0 Å². The lowest BCUT2D eigenvalue weighted by Crippen LogP contribution is -2.62. The molecule has 0 unspecified atom stereocenters. The first kappa shape index (κ1) is 37.8. The Hall–Kier alpha value is -3.96. The Labute approximate surface area is 308 Å². The number of benzene rings is 3. The maximum atomic E-state index is 14.2. The fourth-order valence-electron chi connectivity index (χ4n) is 9.05. The topological polar surface area (TPSA) is 124 Å². The minimum absolute atomic E-state index is 0.0422. The van der Waals surface area contributed by atoms with Crippen LogP contribution < -0.4 is 20.3 Å². The second-order valence-electron chi connectivity index (χ2n) is 15.9. The van der Waals surface area contributed by atoms with Gasteiger partial charge in [-0.3, -0.25) is 14.4 Å². The number of para-hydroxylation sites is 1. The molecule has 1 saturated heterocycles. The van der Waals surface area contributed by atoms with Crippen LogP contribution in [0.3, 0.4) is 0 Å². The van der Waals surface area contributed by atoms with Crippen LogP contribution in [0.2, 0.25) is 0 Å². The van der Waals surface area contributed by atoms with Crippen molar-refractivity contribution in [3.63, 3.8) is 0 Å². The molecular formula is C42H56N4O6. The normalized spacial score (nSPS) is 27.0. The second kappa shape index (κ2) is 15.6. The summed E-state index contributed by atoms with van der Waals surface area (Å²) in [4.78, 5) is 35.9. The molecule has 52 heavy (non-hydrogen) atoms. The van der Waals surface area contributed by atoms with E-state index in [9.17, 15) is 19.8 Å². The van der Waals surface area contributed by atoms with Gasteiger partial charge in [-0.05, 0) is 78.7 Å². The average molecular weight is 713 g/mol. The van der Waals surface area contributed by atoms with E-state index in [0.717, 1.165) is 40.8 Å². The van der Waals surface area contributed by atoms with Crippen LogP contribution in [-0.4, -0.2) is 85.7 Å². The quantitative estimate of drug-likeness (QED) is 0.194. The monoisotopic (exact) mass is 712 g/mol. The van der Waals surface area contributed by atoms with Crippen LogP contribution >= 0.6 is 0 Å². The predicted molar refractivity (Wildman–Crippen MR) is 203 cm³/mol. The van der Waals surface area contributed by atoms with Crippen LogP contribution in [0.1, 0.15) is 62.0 Å². The molecule has 0 aromatic heterocycles. The van der Waals surface area contributed by atoms with E-state index in [1.807, 2.05) is 85.7 Å². The minimum Gasteiger partial charge on any atom is -0.496 e. The molecule has 8 atom stereocenters. The Morgan fingerprint density at radius 2 is 1.83 bits per heavy atom. The van der Waals surface area contributed by atoms with Gasteiger partial charge in [-0.2, -0.15) is 5.06 Å². The number of amides is 2. The molecule has 4 fully saturated rings. The summed E-state index contributed by atoms with van der Waals surface area (Å²) in [5.74, 6) is 1.06. The van der Waals surface area contributed by atoms with Gasteiger partial charge in [0, 0.05) is 55.0 Å². The van der Waals surface area contributed by atoms with Gasteiger partial charge in [0.15, 0.2) is 0 Å². The number of aliphatic hydroxyl groups is 2. The molecule has 3 aliphatic carbocycles. The maximum Gasteiger partial charge on any atom is 0.251 e. The van der Waals surface area contributed by atoms with Gasteiger partial charge in [0.1, 0.15) is 17.9 Å². The number of hydroxylamine groups is 2. The second-order valence-corrected chi connectivity index (χ2v) is 15.9. The number of carbonyl (C=O) groups is 2. The molecule has 0 radical (unpaired) electrons. The summed E-state index contributed by atoms with van der Waals surface area (Å²) in [6.07, 6.45) is 1.22. The Bertz CT molecular complexity index is 1730. The smallest absolute Gasteiger partial charge is 0.251 e. The van der Waals surface area contributed by atoms with E-state index in [4.69, 9.17) is 9.57 Å². The van der Waals surface area contributed by atoms with E-state index in [1.54, 1.807) is 19.1 Å². The molecule has 10 nitrogen and oxygen atoms in total.